The van der Waals surface area contributed by atoms with Gasteiger partial charge in [-0.25, -0.2) is 0 Å². The Morgan fingerprint density at radius 3 is 0.459 bits per heavy atom. The Balaban J connectivity index is 0.000000114. The molecule has 0 saturated heterocycles. The third-order valence-electron chi connectivity index (χ3n) is 12.8. The summed E-state index contributed by atoms with van der Waals surface area (Å²) in [7, 11) is 0. The summed E-state index contributed by atoms with van der Waals surface area (Å²) < 4.78 is 0. The summed E-state index contributed by atoms with van der Waals surface area (Å²) in [6.07, 6.45) is 17.5. The molecule has 0 aromatic rings. The number of hydrogen-bond acceptors (Lipinski definition) is 0. The normalized spacial score (nSPS) is 49.3. The molecule has 8 aliphatic rings. The predicted octanol–water partition coefficient (Wildman–Crippen LogP) is 10.6. The molecule has 0 N–H and O–H groups in total. The van der Waals surface area contributed by atoms with Crippen LogP contribution in [0.4, 0.5) is 0 Å². The van der Waals surface area contributed by atoms with Crippen molar-refractivity contribution in [3.8, 4) is 0 Å². The second-order valence-electron chi connectivity index (χ2n) is 15.9. The van der Waals surface area contributed by atoms with E-state index in [9.17, 15) is 0 Å². The van der Waals surface area contributed by atoms with Crippen LogP contribution in [0.1, 0.15) is 132 Å². The zero-order chi connectivity index (χ0) is 25.7. The summed E-state index contributed by atoms with van der Waals surface area (Å²) in [4.78, 5) is 0. The summed E-state index contributed by atoms with van der Waals surface area (Å²) in [6.45, 7) is 19.3. The van der Waals surface area contributed by atoms with Crippen molar-refractivity contribution in [3.05, 3.63) is 23.7 Å². The van der Waals surface area contributed by atoms with E-state index >= 15 is 0 Å². The maximum atomic E-state index is 2.41. The fraction of sp³-hybridized carbons (Fsp3) is 0.889. The first-order valence-electron chi connectivity index (χ1n) is 16.4. The molecule has 0 radical (unpaired) electrons. The molecule has 0 spiro atoms. The average molecular weight is 545 g/mol. The van der Waals surface area contributed by atoms with E-state index in [-0.39, 0.29) is 17.4 Å². The smallest absolute Gasteiger partial charge is 0.313 e. The predicted molar refractivity (Wildman–Crippen MR) is 156 cm³/mol. The molecule has 0 amide bonds. The van der Waals surface area contributed by atoms with Gasteiger partial charge in [-0.05, 0) is 0 Å². The third kappa shape index (κ3) is 6.72. The van der Waals surface area contributed by atoms with Crippen LogP contribution >= 0.6 is 0 Å². The zero-order valence-electron chi connectivity index (χ0n) is 25.8. The summed E-state index contributed by atoms with van der Waals surface area (Å²) in [5.74, 6) is 19.9. The Kier molecular flexibility index (Phi) is 10.4. The standard InChI is InChI=1S/4C9H15.Cr/c4*1-6-3-8-4-7(2)9(6)5-8;/h4*6-7,9H,3-5H2,1-2H3;/q4*-1;+4. The van der Waals surface area contributed by atoms with Crippen LogP contribution in [0.3, 0.4) is 0 Å². The van der Waals surface area contributed by atoms with Crippen molar-refractivity contribution in [3.63, 3.8) is 0 Å². The second kappa shape index (κ2) is 12.6. The van der Waals surface area contributed by atoms with E-state index in [1.54, 1.807) is 0 Å². The topological polar surface area (TPSA) is 0 Å². The van der Waals surface area contributed by atoms with E-state index in [0.29, 0.717) is 0 Å². The van der Waals surface area contributed by atoms with E-state index < -0.39 is 0 Å². The van der Waals surface area contributed by atoms with Gasteiger partial charge in [0, 0.05) is 0 Å². The molecule has 8 aliphatic carbocycles. The Morgan fingerprint density at radius 2 is 0.405 bits per heavy atom. The molecule has 0 nitrogen and oxygen atoms in total. The molecular weight excluding hydrogens is 484 g/mol. The summed E-state index contributed by atoms with van der Waals surface area (Å²) in [5, 5.41) is 0. The number of rotatable bonds is 0. The Labute approximate surface area is 243 Å². The van der Waals surface area contributed by atoms with Gasteiger partial charge in [0.2, 0.25) is 0 Å². The molecular formula is C36H60Cr. The fourth-order valence-corrected chi connectivity index (χ4v) is 11.0. The van der Waals surface area contributed by atoms with Gasteiger partial charge in [0.1, 0.15) is 0 Å². The van der Waals surface area contributed by atoms with Crippen molar-refractivity contribution in [2.45, 2.75) is 132 Å². The van der Waals surface area contributed by atoms with Gasteiger partial charge < -0.3 is 23.7 Å². The molecule has 0 aromatic heterocycles. The number of hydrogen-bond donors (Lipinski definition) is 0. The van der Waals surface area contributed by atoms with Gasteiger partial charge in [-0.2, -0.15) is 77.0 Å². The Hall–Kier alpha value is 0.532. The summed E-state index contributed by atoms with van der Waals surface area (Å²) >= 11 is 0. The monoisotopic (exact) mass is 544 g/mol. The third-order valence-corrected chi connectivity index (χ3v) is 12.8. The SMILES string of the molecule is CC1C[C-]2CC(C)C1C2.CC1C[C-]2CC(C)C1C2.CC1C[C-]2CC(C)C1C2.CC1C[C-]2CC(C)C1C2.[Cr+4]. The van der Waals surface area contributed by atoms with Gasteiger partial charge in [0.05, 0.1) is 0 Å². The average Bonchev–Trinajstić information content (AvgIpc) is 3.61. The minimum Gasteiger partial charge on any atom is -0.313 e. The van der Waals surface area contributed by atoms with Crippen LogP contribution < -0.4 is 0 Å². The first-order valence-corrected chi connectivity index (χ1v) is 16.4. The van der Waals surface area contributed by atoms with E-state index in [4.69, 9.17) is 0 Å². The minimum absolute atomic E-state index is 0. The maximum absolute atomic E-state index is 2.41. The van der Waals surface area contributed by atoms with E-state index in [2.05, 4.69) is 55.4 Å². The molecule has 37 heavy (non-hydrogen) atoms. The van der Waals surface area contributed by atoms with Crippen LogP contribution in [0.25, 0.3) is 0 Å². The molecule has 210 valence electrons. The number of fused-ring (bicyclic) bond motifs is 8. The van der Waals surface area contributed by atoms with Crippen molar-refractivity contribution < 1.29 is 17.4 Å². The van der Waals surface area contributed by atoms with Crippen LogP contribution in [0.2, 0.25) is 0 Å². The summed E-state index contributed by atoms with van der Waals surface area (Å²) in [6, 6.07) is 0. The Bertz CT molecular complexity index is 547. The fourth-order valence-electron chi connectivity index (χ4n) is 11.0. The van der Waals surface area contributed by atoms with E-state index in [1.165, 1.54) is 77.0 Å². The van der Waals surface area contributed by atoms with E-state index in [0.717, 1.165) is 71.0 Å². The van der Waals surface area contributed by atoms with Crippen LogP contribution in [0, 0.1) is 94.7 Å². The van der Waals surface area contributed by atoms with Crippen molar-refractivity contribution in [1.82, 2.24) is 0 Å². The van der Waals surface area contributed by atoms with Gasteiger partial charge in [0.15, 0.2) is 0 Å². The molecule has 8 bridgehead atoms. The van der Waals surface area contributed by atoms with Crippen LogP contribution in [0.15, 0.2) is 0 Å². The molecule has 8 atom stereocenters. The van der Waals surface area contributed by atoms with Gasteiger partial charge in [-0.1, -0.05) is 126 Å². The summed E-state index contributed by atoms with van der Waals surface area (Å²) in [5.41, 5.74) is 0. The maximum Gasteiger partial charge on any atom is 4.00 e. The molecule has 0 heterocycles. The van der Waals surface area contributed by atoms with Crippen molar-refractivity contribution in [2.75, 3.05) is 0 Å². The van der Waals surface area contributed by atoms with Crippen LogP contribution in [0.5, 0.6) is 0 Å². The van der Waals surface area contributed by atoms with Gasteiger partial charge in [0.25, 0.3) is 0 Å². The molecule has 8 rings (SSSR count). The quantitative estimate of drug-likeness (QED) is 0.266. The molecule has 8 unspecified atom stereocenters. The van der Waals surface area contributed by atoms with Gasteiger partial charge >= 0.3 is 17.4 Å². The molecule has 8 saturated carbocycles. The largest absolute Gasteiger partial charge is 4.00 e. The molecule has 0 aliphatic heterocycles. The zero-order valence-corrected chi connectivity index (χ0v) is 27.1. The van der Waals surface area contributed by atoms with Crippen molar-refractivity contribution >= 4 is 0 Å². The minimum atomic E-state index is 0. The van der Waals surface area contributed by atoms with Crippen molar-refractivity contribution in [1.29, 1.82) is 0 Å². The molecule has 1 heteroatoms. The first kappa shape index (κ1) is 30.5. The molecule has 8 fully saturated rings. The van der Waals surface area contributed by atoms with Crippen molar-refractivity contribution in [2.24, 2.45) is 71.0 Å². The van der Waals surface area contributed by atoms with Gasteiger partial charge in [-0.3, -0.25) is 0 Å². The molecule has 0 aromatic carbocycles. The second-order valence-corrected chi connectivity index (χ2v) is 15.9. The van der Waals surface area contributed by atoms with Crippen LogP contribution in [-0.4, -0.2) is 0 Å². The first-order chi connectivity index (χ1) is 17.1. The van der Waals surface area contributed by atoms with Crippen LogP contribution in [-0.2, 0) is 17.4 Å². The van der Waals surface area contributed by atoms with Gasteiger partial charge in [-0.15, -0.1) is 0 Å². The van der Waals surface area contributed by atoms with E-state index in [1.807, 2.05) is 23.7 Å². The Morgan fingerprint density at radius 1 is 0.270 bits per heavy atom.